The highest BCUT2D eigenvalue weighted by Gasteiger charge is 2.17. The zero-order valence-electron chi connectivity index (χ0n) is 8.41. The summed E-state index contributed by atoms with van der Waals surface area (Å²) in [6.07, 6.45) is 1.32. The Kier molecular flexibility index (Phi) is 3.27. The van der Waals surface area contributed by atoms with Gasteiger partial charge in [-0.25, -0.2) is 8.42 Å². The number of rotatable bonds is 4. The first-order chi connectivity index (χ1) is 8.09. The van der Waals surface area contributed by atoms with E-state index in [9.17, 15) is 13.2 Å². The van der Waals surface area contributed by atoms with E-state index in [4.69, 9.17) is 4.42 Å². The van der Waals surface area contributed by atoms with Crippen LogP contribution >= 0.6 is 11.3 Å². The molecule has 90 valence electrons. The largest absolute Gasteiger partial charge is 0.459 e. The molecule has 6 nitrogen and oxygen atoms in total. The van der Waals surface area contributed by atoms with Crippen molar-refractivity contribution < 1.29 is 17.6 Å². The maximum Gasteiger partial charge on any atom is 0.301 e. The van der Waals surface area contributed by atoms with Crippen LogP contribution < -0.4 is 10.3 Å². The quantitative estimate of drug-likeness (QED) is 0.811. The zero-order chi connectivity index (χ0) is 12.3. The van der Waals surface area contributed by atoms with Gasteiger partial charge in [0.25, 0.3) is 10.0 Å². The maximum absolute atomic E-state index is 11.6. The van der Waals surface area contributed by atoms with Crippen molar-refractivity contribution in [1.82, 2.24) is 10.3 Å². The molecule has 0 saturated carbocycles. The van der Waals surface area contributed by atoms with Gasteiger partial charge in [0.05, 0.1) is 6.26 Å². The standard InChI is InChI=1S/C9H8N2O4S2/c12-9(7-3-1-5-15-7)10-11-17(13,14)8-4-2-6-16-8/h1-6,11H,(H,10,12). The van der Waals surface area contributed by atoms with E-state index in [1.807, 2.05) is 10.3 Å². The highest BCUT2D eigenvalue weighted by atomic mass is 32.2. The first kappa shape index (κ1) is 11.8. The van der Waals surface area contributed by atoms with E-state index in [0.29, 0.717) is 0 Å². The molecule has 0 radical (unpaired) electrons. The summed E-state index contributed by atoms with van der Waals surface area (Å²) in [5.74, 6) is -0.631. The molecule has 2 rings (SSSR count). The van der Waals surface area contributed by atoms with Gasteiger partial charge in [0.15, 0.2) is 5.76 Å². The van der Waals surface area contributed by atoms with Gasteiger partial charge in [-0.2, -0.15) is 0 Å². The van der Waals surface area contributed by atoms with E-state index in [2.05, 4.69) is 0 Å². The minimum atomic E-state index is -3.71. The summed E-state index contributed by atoms with van der Waals surface area (Å²) in [6, 6.07) is 6.00. The molecule has 2 heterocycles. The van der Waals surface area contributed by atoms with E-state index >= 15 is 0 Å². The van der Waals surface area contributed by atoms with Crippen molar-refractivity contribution >= 4 is 27.3 Å². The van der Waals surface area contributed by atoms with Crippen LogP contribution in [0.15, 0.2) is 44.5 Å². The van der Waals surface area contributed by atoms with Gasteiger partial charge in [0.2, 0.25) is 0 Å². The Morgan fingerprint density at radius 1 is 1.29 bits per heavy atom. The number of sulfonamides is 1. The number of hydrogen-bond acceptors (Lipinski definition) is 5. The summed E-state index contributed by atoms with van der Waals surface area (Å²) in [5, 5.41) is 1.63. The highest BCUT2D eigenvalue weighted by Crippen LogP contribution is 2.14. The van der Waals surface area contributed by atoms with Crippen LogP contribution in [-0.2, 0) is 10.0 Å². The predicted octanol–water partition coefficient (Wildman–Crippen LogP) is 0.964. The summed E-state index contributed by atoms with van der Waals surface area (Å²) >= 11 is 1.05. The molecule has 2 N–H and O–H groups in total. The third-order valence-corrected chi connectivity index (χ3v) is 4.45. The van der Waals surface area contributed by atoms with E-state index in [1.165, 1.54) is 24.5 Å². The summed E-state index contributed by atoms with van der Waals surface area (Å²) in [5.41, 5.74) is 2.05. The first-order valence-electron chi connectivity index (χ1n) is 4.49. The normalized spacial score (nSPS) is 11.3. The second-order valence-corrected chi connectivity index (χ2v) is 5.83. The molecule has 0 bridgehead atoms. The number of carbonyl (C=O) groups is 1. The number of nitrogens with one attached hydrogen (secondary N) is 2. The molecule has 17 heavy (non-hydrogen) atoms. The Morgan fingerprint density at radius 3 is 2.71 bits per heavy atom. The average Bonchev–Trinajstić information content (AvgIpc) is 2.97. The lowest BCUT2D eigenvalue weighted by Crippen LogP contribution is -2.41. The molecule has 0 fully saturated rings. The van der Waals surface area contributed by atoms with Crippen molar-refractivity contribution in [1.29, 1.82) is 0 Å². The molecule has 0 aromatic carbocycles. The summed E-state index contributed by atoms with van der Waals surface area (Å²) in [7, 11) is -3.71. The van der Waals surface area contributed by atoms with Crippen LogP contribution in [0, 0.1) is 0 Å². The van der Waals surface area contributed by atoms with Crippen molar-refractivity contribution in [2.24, 2.45) is 0 Å². The van der Waals surface area contributed by atoms with E-state index in [-0.39, 0.29) is 9.97 Å². The van der Waals surface area contributed by atoms with Gasteiger partial charge in [0.1, 0.15) is 4.21 Å². The minimum absolute atomic E-state index is 0.0267. The van der Waals surface area contributed by atoms with Crippen LogP contribution in [0.4, 0.5) is 0 Å². The van der Waals surface area contributed by atoms with Crippen molar-refractivity contribution in [2.75, 3.05) is 0 Å². The lowest BCUT2D eigenvalue weighted by atomic mass is 10.4. The Morgan fingerprint density at radius 2 is 2.12 bits per heavy atom. The Balaban J connectivity index is 2.02. The molecular formula is C9H8N2O4S2. The van der Waals surface area contributed by atoms with Gasteiger partial charge in [0, 0.05) is 0 Å². The Bertz CT molecular complexity index is 587. The van der Waals surface area contributed by atoms with Crippen LogP contribution in [0.5, 0.6) is 0 Å². The van der Waals surface area contributed by atoms with Crippen LogP contribution in [0.1, 0.15) is 10.6 Å². The van der Waals surface area contributed by atoms with Gasteiger partial charge in [-0.3, -0.25) is 10.2 Å². The highest BCUT2D eigenvalue weighted by molar-refractivity contribution is 7.91. The predicted molar refractivity (Wildman–Crippen MR) is 60.8 cm³/mol. The maximum atomic E-state index is 11.6. The number of furan rings is 1. The van der Waals surface area contributed by atoms with Gasteiger partial charge in [-0.05, 0) is 23.6 Å². The lowest BCUT2D eigenvalue weighted by Gasteiger charge is -2.04. The monoisotopic (exact) mass is 272 g/mol. The topological polar surface area (TPSA) is 88.4 Å². The fourth-order valence-corrected chi connectivity index (χ4v) is 2.88. The van der Waals surface area contributed by atoms with Crippen molar-refractivity contribution in [2.45, 2.75) is 4.21 Å². The lowest BCUT2D eigenvalue weighted by molar-refractivity contribution is 0.0917. The Hall–Kier alpha value is -1.64. The number of hydrazine groups is 1. The number of amides is 1. The molecular weight excluding hydrogens is 264 g/mol. The molecule has 8 heteroatoms. The molecule has 0 saturated heterocycles. The van der Waals surface area contributed by atoms with Crippen LogP contribution in [0.3, 0.4) is 0 Å². The fraction of sp³-hybridized carbons (Fsp3) is 0. The van der Waals surface area contributed by atoms with Crippen LogP contribution in [-0.4, -0.2) is 14.3 Å². The van der Waals surface area contributed by atoms with Crippen molar-refractivity contribution in [3.05, 3.63) is 41.7 Å². The van der Waals surface area contributed by atoms with E-state index in [1.54, 1.807) is 11.4 Å². The third-order valence-electron chi connectivity index (χ3n) is 1.80. The number of thiophene rings is 1. The molecule has 0 aliphatic carbocycles. The van der Waals surface area contributed by atoms with Gasteiger partial charge in [-0.15, -0.1) is 16.2 Å². The van der Waals surface area contributed by atoms with Crippen molar-refractivity contribution in [3.63, 3.8) is 0 Å². The molecule has 0 aliphatic rings. The van der Waals surface area contributed by atoms with E-state index in [0.717, 1.165) is 11.3 Å². The third kappa shape index (κ3) is 2.73. The smallest absolute Gasteiger partial charge is 0.301 e. The SMILES string of the molecule is O=C(NNS(=O)(=O)c1cccs1)c1ccco1. The second-order valence-electron chi connectivity index (χ2n) is 2.97. The van der Waals surface area contributed by atoms with E-state index < -0.39 is 15.9 Å². The number of hydrogen-bond donors (Lipinski definition) is 2. The summed E-state index contributed by atoms with van der Waals surface area (Å²) in [6.45, 7) is 0. The molecule has 0 unspecified atom stereocenters. The van der Waals surface area contributed by atoms with Crippen LogP contribution in [0.2, 0.25) is 0 Å². The minimum Gasteiger partial charge on any atom is -0.459 e. The number of carbonyl (C=O) groups excluding carboxylic acids is 1. The summed E-state index contributed by atoms with van der Waals surface area (Å²) in [4.78, 5) is 13.4. The molecule has 0 spiro atoms. The summed E-state index contributed by atoms with van der Waals surface area (Å²) < 4.78 is 28.2. The van der Waals surface area contributed by atoms with Crippen LogP contribution in [0.25, 0.3) is 0 Å². The molecule has 0 atom stereocenters. The first-order valence-corrected chi connectivity index (χ1v) is 6.85. The van der Waals surface area contributed by atoms with Gasteiger partial charge >= 0.3 is 5.91 Å². The fourth-order valence-electron chi connectivity index (χ4n) is 1.05. The van der Waals surface area contributed by atoms with Gasteiger partial charge in [-0.1, -0.05) is 6.07 Å². The zero-order valence-corrected chi connectivity index (χ0v) is 10.0. The molecule has 2 aromatic rings. The second kappa shape index (κ2) is 4.70. The Labute approximate surface area is 101 Å². The molecule has 2 aromatic heterocycles. The van der Waals surface area contributed by atoms with Crippen molar-refractivity contribution in [3.8, 4) is 0 Å². The molecule has 0 aliphatic heterocycles. The van der Waals surface area contributed by atoms with Gasteiger partial charge < -0.3 is 4.42 Å². The average molecular weight is 272 g/mol. The molecule has 1 amide bonds.